The van der Waals surface area contributed by atoms with Gasteiger partial charge in [0.1, 0.15) is 17.3 Å². The summed E-state index contributed by atoms with van der Waals surface area (Å²) in [6, 6.07) is 18.1. The third kappa shape index (κ3) is 5.95. The molecule has 0 bridgehead atoms. The quantitative estimate of drug-likeness (QED) is 0.362. The minimum Gasteiger partial charge on any atom is -0.497 e. The first kappa shape index (κ1) is 23.9. The Morgan fingerprint density at radius 3 is 1.91 bits per heavy atom. The molecule has 4 rings (SSSR count). The third-order valence-electron chi connectivity index (χ3n) is 4.40. The fraction of sp³-hybridized carbons (Fsp3) is 0.167. The summed E-state index contributed by atoms with van der Waals surface area (Å²) in [4.78, 5) is 9.61. The molecule has 0 aliphatic rings. The van der Waals surface area contributed by atoms with Crippen LogP contribution in [0.4, 0.5) is 21.7 Å². The van der Waals surface area contributed by atoms with Gasteiger partial charge in [0.15, 0.2) is 22.6 Å². The van der Waals surface area contributed by atoms with E-state index in [0.717, 1.165) is 0 Å². The zero-order valence-electron chi connectivity index (χ0n) is 18.8. The van der Waals surface area contributed by atoms with Crippen molar-refractivity contribution >= 4 is 39.3 Å². The Morgan fingerprint density at radius 2 is 1.36 bits per heavy atom. The minimum absolute atomic E-state index is 0.281. The lowest BCUT2D eigenvalue weighted by Gasteiger charge is -2.14. The number of aromatic nitrogens is 2. The van der Waals surface area contributed by atoms with Gasteiger partial charge in [0.05, 0.1) is 30.1 Å². The molecule has 172 valence electrons. The molecule has 2 N–H and O–H groups in total. The van der Waals surface area contributed by atoms with E-state index < -0.39 is 16.8 Å². The molecule has 0 spiro atoms. The van der Waals surface area contributed by atoms with Crippen molar-refractivity contribution in [2.75, 3.05) is 24.3 Å². The standard InChI is InChI=1S/C22H19FN4O3S.C2H6/c1-29-16-11-15(12-17(13-16)30-2)24-21-22(26-20-6-4-3-5-19(20)25-21)27-31(28)18-9-7-14(23)8-10-18;1-2/h3-13H,1-2H3,(H,24,25)(H,26,27);1-2H3. The summed E-state index contributed by atoms with van der Waals surface area (Å²) in [5.41, 5.74) is 1.95. The molecule has 0 radical (unpaired) electrons. The second kappa shape index (κ2) is 11.2. The molecule has 0 aliphatic heterocycles. The molecule has 1 atom stereocenters. The van der Waals surface area contributed by atoms with Gasteiger partial charge in [-0.2, -0.15) is 0 Å². The van der Waals surface area contributed by atoms with E-state index in [4.69, 9.17) is 9.47 Å². The van der Waals surface area contributed by atoms with E-state index in [1.165, 1.54) is 24.3 Å². The Hall–Kier alpha value is -3.72. The first-order valence-corrected chi connectivity index (χ1v) is 11.4. The van der Waals surface area contributed by atoms with Gasteiger partial charge >= 0.3 is 0 Å². The lowest BCUT2D eigenvalue weighted by molar-refractivity contribution is 0.395. The van der Waals surface area contributed by atoms with Gasteiger partial charge in [0, 0.05) is 23.9 Å². The first-order chi connectivity index (χ1) is 16.1. The predicted molar refractivity (Wildman–Crippen MR) is 130 cm³/mol. The minimum atomic E-state index is -1.67. The van der Waals surface area contributed by atoms with Crippen LogP contribution < -0.4 is 19.5 Å². The maximum absolute atomic E-state index is 13.2. The average molecular weight is 469 g/mol. The third-order valence-corrected chi connectivity index (χ3v) is 5.48. The number of methoxy groups -OCH3 is 2. The van der Waals surface area contributed by atoms with E-state index in [1.807, 2.05) is 38.1 Å². The fourth-order valence-electron chi connectivity index (χ4n) is 2.88. The molecular formula is C24H25FN4O3S. The number of halogens is 1. The molecule has 9 heteroatoms. The summed E-state index contributed by atoms with van der Waals surface area (Å²) in [6.45, 7) is 4.00. The van der Waals surface area contributed by atoms with E-state index in [9.17, 15) is 8.60 Å². The Balaban J connectivity index is 0.00000149. The van der Waals surface area contributed by atoms with Crippen molar-refractivity contribution < 1.29 is 18.1 Å². The van der Waals surface area contributed by atoms with Crippen LogP contribution in [0.1, 0.15) is 13.8 Å². The highest BCUT2D eigenvalue weighted by molar-refractivity contribution is 7.86. The molecule has 33 heavy (non-hydrogen) atoms. The average Bonchev–Trinajstić information content (AvgIpc) is 2.85. The SMILES string of the molecule is CC.COc1cc(Nc2nc3ccccc3nc2NS(=O)c2ccc(F)cc2)cc(OC)c1. The highest BCUT2D eigenvalue weighted by Crippen LogP contribution is 2.31. The summed E-state index contributed by atoms with van der Waals surface area (Å²) in [5.74, 6) is 1.44. The summed E-state index contributed by atoms with van der Waals surface area (Å²) in [6.07, 6.45) is 0. The maximum atomic E-state index is 13.2. The molecule has 1 heterocycles. The summed E-state index contributed by atoms with van der Waals surface area (Å²) in [7, 11) is 1.45. The Kier molecular flexibility index (Phi) is 8.15. The monoisotopic (exact) mass is 468 g/mol. The van der Waals surface area contributed by atoms with Gasteiger partial charge in [-0.3, -0.25) is 4.72 Å². The van der Waals surface area contributed by atoms with Gasteiger partial charge < -0.3 is 14.8 Å². The van der Waals surface area contributed by atoms with E-state index in [1.54, 1.807) is 32.4 Å². The van der Waals surface area contributed by atoms with Crippen molar-refractivity contribution in [3.63, 3.8) is 0 Å². The Bertz CT molecular complexity index is 1230. The van der Waals surface area contributed by atoms with E-state index in [2.05, 4.69) is 20.0 Å². The van der Waals surface area contributed by atoms with Crippen LogP contribution in [-0.4, -0.2) is 28.4 Å². The normalized spacial score (nSPS) is 11.2. The highest BCUT2D eigenvalue weighted by Gasteiger charge is 2.14. The van der Waals surface area contributed by atoms with Crippen LogP contribution in [0.15, 0.2) is 71.6 Å². The summed E-state index contributed by atoms with van der Waals surface area (Å²) in [5, 5.41) is 3.19. The molecule has 0 amide bonds. The molecule has 0 saturated carbocycles. The highest BCUT2D eigenvalue weighted by atomic mass is 32.2. The molecule has 7 nitrogen and oxygen atoms in total. The second-order valence-electron chi connectivity index (χ2n) is 6.46. The molecular weight excluding hydrogens is 443 g/mol. The van der Waals surface area contributed by atoms with E-state index in [-0.39, 0.29) is 5.82 Å². The van der Waals surface area contributed by atoms with Crippen molar-refractivity contribution in [3.05, 3.63) is 72.5 Å². The second-order valence-corrected chi connectivity index (χ2v) is 7.67. The van der Waals surface area contributed by atoms with Crippen LogP contribution in [0.25, 0.3) is 11.0 Å². The number of benzene rings is 3. The van der Waals surface area contributed by atoms with Gasteiger partial charge in [-0.05, 0) is 36.4 Å². The Morgan fingerprint density at radius 1 is 0.818 bits per heavy atom. The molecule has 0 saturated heterocycles. The zero-order chi connectivity index (χ0) is 23.8. The molecule has 1 aromatic heterocycles. The van der Waals surface area contributed by atoms with Crippen LogP contribution in [0.3, 0.4) is 0 Å². The maximum Gasteiger partial charge on any atom is 0.182 e. The fourth-order valence-corrected chi connectivity index (χ4v) is 3.70. The smallest absolute Gasteiger partial charge is 0.182 e. The van der Waals surface area contributed by atoms with Gasteiger partial charge in [-0.1, -0.05) is 26.0 Å². The predicted octanol–water partition coefficient (Wildman–Crippen LogP) is 5.69. The van der Waals surface area contributed by atoms with E-state index in [0.29, 0.717) is 38.9 Å². The molecule has 0 fully saturated rings. The number of hydrogen-bond donors (Lipinski definition) is 2. The lowest BCUT2D eigenvalue weighted by atomic mass is 10.2. The number of rotatable bonds is 7. The molecule has 0 aliphatic carbocycles. The largest absolute Gasteiger partial charge is 0.497 e. The van der Waals surface area contributed by atoms with Gasteiger partial charge in [-0.25, -0.2) is 18.6 Å². The number of ether oxygens (including phenoxy) is 2. The van der Waals surface area contributed by atoms with Crippen LogP contribution in [-0.2, 0) is 11.0 Å². The van der Waals surface area contributed by atoms with Crippen LogP contribution in [0.2, 0.25) is 0 Å². The van der Waals surface area contributed by atoms with Gasteiger partial charge in [0.2, 0.25) is 0 Å². The van der Waals surface area contributed by atoms with Crippen molar-refractivity contribution in [2.45, 2.75) is 18.7 Å². The van der Waals surface area contributed by atoms with Crippen LogP contribution in [0.5, 0.6) is 11.5 Å². The van der Waals surface area contributed by atoms with Gasteiger partial charge in [-0.15, -0.1) is 0 Å². The van der Waals surface area contributed by atoms with Crippen molar-refractivity contribution in [3.8, 4) is 11.5 Å². The molecule has 3 aromatic carbocycles. The number of hydrogen-bond acceptors (Lipinski definition) is 6. The van der Waals surface area contributed by atoms with Crippen molar-refractivity contribution in [1.29, 1.82) is 0 Å². The molecule has 1 unspecified atom stereocenters. The lowest BCUT2D eigenvalue weighted by Crippen LogP contribution is -2.10. The summed E-state index contributed by atoms with van der Waals surface area (Å²) >= 11 is 0. The first-order valence-electron chi connectivity index (χ1n) is 10.3. The Labute approximate surface area is 194 Å². The van der Waals surface area contributed by atoms with Crippen molar-refractivity contribution in [1.82, 2.24) is 9.97 Å². The van der Waals surface area contributed by atoms with Crippen molar-refractivity contribution in [2.24, 2.45) is 0 Å². The number of anilines is 3. The number of nitrogens with one attached hydrogen (secondary N) is 2. The number of fused-ring (bicyclic) bond motifs is 1. The zero-order valence-corrected chi connectivity index (χ0v) is 19.6. The summed E-state index contributed by atoms with van der Waals surface area (Å²) < 4.78 is 39.5. The van der Waals surface area contributed by atoms with E-state index >= 15 is 0 Å². The molecule has 4 aromatic rings. The topological polar surface area (TPSA) is 85.4 Å². The number of para-hydroxylation sites is 2. The van der Waals surface area contributed by atoms with Crippen LogP contribution >= 0.6 is 0 Å². The number of nitrogens with zero attached hydrogens (tertiary/aromatic N) is 2. The van der Waals surface area contributed by atoms with Gasteiger partial charge in [0.25, 0.3) is 0 Å². The van der Waals surface area contributed by atoms with Crippen LogP contribution in [0, 0.1) is 5.82 Å².